The van der Waals surface area contributed by atoms with Crippen LogP contribution in [0.25, 0.3) is 0 Å². The molecule has 0 saturated heterocycles. The van der Waals surface area contributed by atoms with Gasteiger partial charge in [0.1, 0.15) is 4.58 Å². The molecule has 0 saturated carbocycles. The van der Waals surface area contributed by atoms with Crippen LogP contribution in [0.1, 0.15) is 0 Å². The van der Waals surface area contributed by atoms with Gasteiger partial charge in [0.25, 0.3) is 0 Å². The van der Waals surface area contributed by atoms with Crippen LogP contribution in [-0.2, 0) is 0 Å². The molecular weight excluding hydrogens is 302 g/mol. The second-order valence-corrected chi connectivity index (χ2v) is 7.44. The van der Waals surface area contributed by atoms with Gasteiger partial charge >= 0.3 is 0 Å². The van der Waals surface area contributed by atoms with Crippen molar-refractivity contribution in [3.05, 3.63) is 60.7 Å². The summed E-state index contributed by atoms with van der Waals surface area (Å²) in [5.74, 6) is 0. The van der Waals surface area contributed by atoms with Gasteiger partial charge in [-0.05, 0) is 30.5 Å². The number of hydrogen-bond donors (Lipinski definition) is 0. The summed E-state index contributed by atoms with van der Waals surface area (Å²) >= 11 is 5.43. The lowest BCUT2D eigenvalue weighted by Gasteiger charge is -2.17. The molecule has 2 aromatic carbocycles. The molecule has 2 rings (SSSR count). The van der Waals surface area contributed by atoms with E-state index in [4.69, 9.17) is 0 Å². The maximum absolute atomic E-state index is 4.44. The van der Waals surface area contributed by atoms with Crippen molar-refractivity contribution in [1.29, 1.82) is 0 Å². The van der Waals surface area contributed by atoms with Crippen molar-refractivity contribution in [2.75, 3.05) is 13.3 Å². The van der Waals surface area contributed by atoms with Crippen molar-refractivity contribution in [2.24, 2.45) is 4.99 Å². The van der Waals surface area contributed by atoms with Crippen molar-refractivity contribution in [1.82, 2.24) is 0 Å². The van der Waals surface area contributed by atoms with Gasteiger partial charge in [-0.25, -0.2) is 0 Å². The molecule has 0 unspecified atom stereocenters. The third-order valence-electron chi connectivity index (χ3n) is 2.60. The van der Waals surface area contributed by atoms with E-state index in [1.54, 1.807) is 11.8 Å². The third kappa shape index (κ3) is 4.62. The minimum atomic E-state index is 0.291. The molecule has 20 heavy (non-hydrogen) atoms. The summed E-state index contributed by atoms with van der Waals surface area (Å²) in [5, 5.41) is 1.16. The summed E-state index contributed by atoms with van der Waals surface area (Å²) in [4.78, 5) is 6.99. The van der Waals surface area contributed by atoms with Crippen LogP contribution in [0.15, 0.2) is 75.4 Å². The monoisotopic (exact) mass is 319 g/mol. The van der Waals surface area contributed by atoms with Gasteiger partial charge in [0, 0.05) is 16.8 Å². The van der Waals surface area contributed by atoms with Crippen molar-refractivity contribution in [2.45, 2.75) is 14.4 Å². The van der Waals surface area contributed by atoms with Gasteiger partial charge in [-0.1, -0.05) is 36.4 Å². The Bertz CT molecular complexity index is 499. The lowest BCUT2D eigenvalue weighted by Crippen LogP contribution is -2.09. The highest BCUT2D eigenvalue weighted by Gasteiger charge is 2.18. The highest BCUT2D eigenvalue weighted by molar-refractivity contribution is 8.23. The Morgan fingerprint density at radius 2 is 1.30 bits per heavy atom. The first-order chi connectivity index (χ1) is 9.83. The molecule has 0 aliphatic carbocycles. The van der Waals surface area contributed by atoms with Crippen LogP contribution in [0.3, 0.4) is 0 Å². The van der Waals surface area contributed by atoms with E-state index in [0.29, 0.717) is 4.58 Å². The van der Waals surface area contributed by atoms with E-state index in [1.807, 2.05) is 42.7 Å². The van der Waals surface area contributed by atoms with E-state index in [2.05, 4.69) is 59.8 Å². The molecule has 0 amide bonds. The van der Waals surface area contributed by atoms with Crippen LogP contribution in [0.4, 0.5) is 0 Å². The van der Waals surface area contributed by atoms with Gasteiger partial charge in [0.15, 0.2) is 0 Å². The van der Waals surface area contributed by atoms with Crippen LogP contribution < -0.4 is 0 Å². The molecule has 4 heteroatoms. The molecule has 0 aliphatic rings. The molecule has 2 aromatic rings. The minimum absolute atomic E-state index is 0.291. The average Bonchev–Trinajstić information content (AvgIpc) is 2.50. The summed E-state index contributed by atoms with van der Waals surface area (Å²) < 4.78 is 0.291. The predicted octanol–water partition coefficient (Wildman–Crippen LogP) is 5.29. The Labute approximate surface area is 133 Å². The number of benzene rings is 2. The molecule has 0 aliphatic heterocycles. The first-order valence-corrected chi connectivity index (χ1v) is 9.26. The summed E-state index contributed by atoms with van der Waals surface area (Å²) in [5.41, 5.74) is 0. The zero-order valence-electron chi connectivity index (χ0n) is 11.5. The van der Waals surface area contributed by atoms with Crippen molar-refractivity contribution < 1.29 is 0 Å². The number of aliphatic imine (C=N–C) groups is 1. The fourth-order valence-electron chi connectivity index (χ4n) is 1.66. The van der Waals surface area contributed by atoms with Crippen LogP contribution in [0.2, 0.25) is 0 Å². The van der Waals surface area contributed by atoms with E-state index in [-0.39, 0.29) is 0 Å². The highest BCUT2D eigenvalue weighted by atomic mass is 32.2. The summed E-state index contributed by atoms with van der Waals surface area (Å²) in [7, 11) is 1.87. The SMILES string of the molecule is CN=C(SC)C(Sc1ccccc1)Sc1ccccc1. The normalized spacial score (nSPS) is 11.8. The second kappa shape index (κ2) is 8.45. The molecule has 0 fully saturated rings. The Balaban J connectivity index is 2.17. The maximum Gasteiger partial charge on any atom is 0.107 e. The predicted molar refractivity (Wildman–Crippen MR) is 95.3 cm³/mol. The molecule has 0 atom stereocenters. The molecule has 104 valence electrons. The zero-order chi connectivity index (χ0) is 14.2. The van der Waals surface area contributed by atoms with E-state index >= 15 is 0 Å². The Morgan fingerprint density at radius 3 is 1.65 bits per heavy atom. The van der Waals surface area contributed by atoms with Crippen LogP contribution in [0, 0.1) is 0 Å². The highest BCUT2D eigenvalue weighted by Crippen LogP contribution is 2.38. The quantitative estimate of drug-likeness (QED) is 0.321. The molecule has 0 bridgehead atoms. The number of hydrogen-bond acceptors (Lipinski definition) is 4. The standard InChI is InChI=1S/C16H17NS3/c1-17-15(18-2)16(19-13-9-5-3-6-10-13)20-14-11-7-4-8-12-14/h3-12,16H,1-2H3. The topological polar surface area (TPSA) is 12.4 Å². The van der Waals surface area contributed by atoms with Crippen LogP contribution >= 0.6 is 35.3 Å². The molecule has 0 spiro atoms. The second-order valence-electron chi connectivity index (χ2n) is 3.96. The molecule has 0 N–H and O–H groups in total. The smallest absolute Gasteiger partial charge is 0.107 e. The van der Waals surface area contributed by atoms with E-state index < -0.39 is 0 Å². The molecule has 0 aromatic heterocycles. The largest absolute Gasteiger partial charge is 0.284 e. The number of rotatable bonds is 5. The van der Waals surface area contributed by atoms with Crippen molar-refractivity contribution >= 4 is 40.3 Å². The van der Waals surface area contributed by atoms with Crippen molar-refractivity contribution in [3.8, 4) is 0 Å². The fraction of sp³-hybridized carbons (Fsp3) is 0.188. The van der Waals surface area contributed by atoms with E-state index in [0.717, 1.165) is 5.04 Å². The molecule has 1 nitrogen and oxygen atoms in total. The fourth-order valence-corrected chi connectivity index (χ4v) is 5.30. The zero-order valence-corrected chi connectivity index (χ0v) is 14.0. The van der Waals surface area contributed by atoms with Gasteiger partial charge in [-0.15, -0.1) is 35.3 Å². The molecular formula is C16H17NS3. The van der Waals surface area contributed by atoms with Crippen LogP contribution in [0.5, 0.6) is 0 Å². The lowest BCUT2D eigenvalue weighted by molar-refractivity contribution is 1.41. The minimum Gasteiger partial charge on any atom is -0.284 e. The Kier molecular flexibility index (Phi) is 6.57. The Hall–Kier alpha value is -0.840. The third-order valence-corrected chi connectivity index (χ3v) is 6.28. The first-order valence-electron chi connectivity index (χ1n) is 6.27. The molecule has 0 heterocycles. The van der Waals surface area contributed by atoms with Gasteiger partial charge in [0.05, 0.1) is 5.04 Å². The van der Waals surface area contributed by atoms with Crippen LogP contribution in [-0.4, -0.2) is 22.9 Å². The number of thioether (sulfide) groups is 3. The van der Waals surface area contributed by atoms with E-state index in [1.165, 1.54) is 9.79 Å². The summed E-state index contributed by atoms with van der Waals surface area (Å²) in [6.07, 6.45) is 2.09. The van der Waals surface area contributed by atoms with Gasteiger partial charge in [-0.2, -0.15) is 0 Å². The summed E-state index contributed by atoms with van der Waals surface area (Å²) in [6.45, 7) is 0. The van der Waals surface area contributed by atoms with Crippen molar-refractivity contribution in [3.63, 3.8) is 0 Å². The molecule has 0 radical (unpaired) electrons. The van der Waals surface area contributed by atoms with Gasteiger partial charge < -0.3 is 0 Å². The lowest BCUT2D eigenvalue weighted by atomic mass is 10.4. The Morgan fingerprint density at radius 1 is 0.850 bits per heavy atom. The van der Waals surface area contributed by atoms with Gasteiger partial charge in [0.2, 0.25) is 0 Å². The first kappa shape index (κ1) is 15.5. The maximum atomic E-state index is 4.44. The number of nitrogens with zero attached hydrogens (tertiary/aromatic N) is 1. The average molecular weight is 320 g/mol. The van der Waals surface area contributed by atoms with Gasteiger partial charge in [-0.3, -0.25) is 4.99 Å². The van der Waals surface area contributed by atoms with E-state index in [9.17, 15) is 0 Å². The summed E-state index contributed by atoms with van der Waals surface area (Å²) in [6, 6.07) is 21.0.